The second-order valence-electron chi connectivity index (χ2n) is 4.73. The Morgan fingerprint density at radius 2 is 2.12 bits per heavy atom. The fourth-order valence-electron chi connectivity index (χ4n) is 2.40. The average Bonchev–Trinajstić information content (AvgIpc) is 2.64. The highest BCUT2D eigenvalue weighted by Gasteiger charge is 2.22. The van der Waals surface area contributed by atoms with Crippen LogP contribution in [-0.4, -0.2) is 12.1 Å². The summed E-state index contributed by atoms with van der Waals surface area (Å²) < 4.78 is 0. The predicted octanol–water partition coefficient (Wildman–Crippen LogP) is 2.78. The fraction of sp³-hybridized carbons (Fsp3) is 0.462. The summed E-state index contributed by atoms with van der Waals surface area (Å²) in [6, 6.07) is 7.67. The Bertz CT molecular complexity index is 405. The summed E-state index contributed by atoms with van der Waals surface area (Å²) in [5.41, 5.74) is 6.86. The lowest BCUT2D eigenvalue weighted by molar-refractivity contribution is 0.259. The zero-order valence-electron chi connectivity index (χ0n) is 10.1. The zero-order chi connectivity index (χ0) is 12.3. The third-order valence-electron chi connectivity index (χ3n) is 3.34. The van der Waals surface area contributed by atoms with Gasteiger partial charge in [-0.05, 0) is 37.0 Å². The standard InChI is InChI=1S/C13H19N3O/c1-9-4-2-7-12(9)15-10-5-3-6-11(8-10)16-13(14)17/h3,5-6,8-9,12,15H,2,4,7H2,1H3,(H3,14,16,17). The Balaban J connectivity index is 2.03. The van der Waals surface area contributed by atoms with Gasteiger partial charge in [0.05, 0.1) is 0 Å². The van der Waals surface area contributed by atoms with Gasteiger partial charge in [-0.3, -0.25) is 0 Å². The predicted molar refractivity (Wildman–Crippen MR) is 70.1 cm³/mol. The monoisotopic (exact) mass is 233 g/mol. The molecule has 0 heterocycles. The van der Waals surface area contributed by atoms with Gasteiger partial charge in [-0.2, -0.15) is 0 Å². The van der Waals surface area contributed by atoms with Crippen LogP contribution >= 0.6 is 0 Å². The SMILES string of the molecule is CC1CCCC1Nc1cccc(NC(N)=O)c1. The number of anilines is 2. The number of hydrogen-bond donors (Lipinski definition) is 3. The van der Waals surface area contributed by atoms with Crippen LogP contribution in [0.15, 0.2) is 24.3 Å². The third-order valence-corrected chi connectivity index (χ3v) is 3.34. The number of carbonyl (C=O) groups excluding carboxylic acids is 1. The third kappa shape index (κ3) is 3.12. The van der Waals surface area contributed by atoms with Crippen molar-refractivity contribution >= 4 is 17.4 Å². The first-order valence-corrected chi connectivity index (χ1v) is 6.08. The lowest BCUT2D eigenvalue weighted by Crippen LogP contribution is -2.22. The van der Waals surface area contributed by atoms with Gasteiger partial charge in [0.15, 0.2) is 0 Å². The van der Waals surface area contributed by atoms with Crippen LogP contribution in [0.3, 0.4) is 0 Å². The highest BCUT2D eigenvalue weighted by Crippen LogP contribution is 2.28. The summed E-state index contributed by atoms with van der Waals surface area (Å²) in [6.45, 7) is 2.27. The largest absolute Gasteiger partial charge is 0.382 e. The number of primary amides is 1. The van der Waals surface area contributed by atoms with E-state index in [1.807, 2.05) is 24.3 Å². The van der Waals surface area contributed by atoms with Crippen LogP contribution < -0.4 is 16.4 Å². The molecule has 0 radical (unpaired) electrons. The highest BCUT2D eigenvalue weighted by molar-refractivity contribution is 5.88. The van der Waals surface area contributed by atoms with Crippen molar-refractivity contribution in [1.29, 1.82) is 0 Å². The number of hydrogen-bond acceptors (Lipinski definition) is 2. The molecule has 4 N–H and O–H groups in total. The first kappa shape index (κ1) is 11.8. The van der Waals surface area contributed by atoms with E-state index in [-0.39, 0.29) is 0 Å². The van der Waals surface area contributed by atoms with Crippen molar-refractivity contribution in [1.82, 2.24) is 0 Å². The lowest BCUT2D eigenvalue weighted by atomic mass is 10.1. The second kappa shape index (κ2) is 5.08. The summed E-state index contributed by atoms with van der Waals surface area (Å²) in [7, 11) is 0. The van der Waals surface area contributed by atoms with Gasteiger partial charge in [-0.15, -0.1) is 0 Å². The Hall–Kier alpha value is -1.71. The molecule has 2 rings (SSSR count). The maximum atomic E-state index is 10.8. The summed E-state index contributed by atoms with van der Waals surface area (Å²) in [5.74, 6) is 0.711. The topological polar surface area (TPSA) is 67.2 Å². The molecule has 2 unspecified atom stereocenters. The molecule has 1 aromatic carbocycles. The van der Waals surface area contributed by atoms with E-state index in [1.54, 1.807) is 0 Å². The molecule has 1 saturated carbocycles. The lowest BCUT2D eigenvalue weighted by Gasteiger charge is -2.19. The molecule has 1 aliphatic carbocycles. The van der Waals surface area contributed by atoms with Crippen molar-refractivity contribution < 1.29 is 4.79 Å². The Labute approximate surface area is 102 Å². The fourth-order valence-corrected chi connectivity index (χ4v) is 2.40. The number of nitrogens with two attached hydrogens (primary N) is 1. The molecule has 2 amide bonds. The van der Waals surface area contributed by atoms with Crippen LogP contribution in [-0.2, 0) is 0 Å². The molecule has 92 valence electrons. The molecule has 17 heavy (non-hydrogen) atoms. The minimum atomic E-state index is -0.531. The molecule has 0 bridgehead atoms. The maximum absolute atomic E-state index is 10.8. The molecule has 1 aliphatic rings. The molecule has 1 aromatic rings. The van der Waals surface area contributed by atoms with E-state index in [9.17, 15) is 4.79 Å². The minimum absolute atomic E-state index is 0.531. The first-order valence-electron chi connectivity index (χ1n) is 6.08. The molecule has 1 fully saturated rings. The molecular weight excluding hydrogens is 214 g/mol. The van der Waals surface area contributed by atoms with E-state index >= 15 is 0 Å². The van der Waals surface area contributed by atoms with Crippen molar-refractivity contribution in [2.75, 3.05) is 10.6 Å². The van der Waals surface area contributed by atoms with Gasteiger partial charge in [-0.25, -0.2) is 4.79 Å². The quantitative estimate of drug-likeness (QED) is 0.751. The molecule has 0 spiro atoms. The van der Waals surface area contributed by atoms with Crippen LogP contribution in [0.4, 0.5) is 16.2 Å². The van der Waals surface area contributed by atoms with Crippen LogP contribution in [0.1, 0.15) is 26.2 Å². The van der Waals surface area contributed by atoms with Crippen LogP contribution in [0.25, 0.3) is 0 Å². The number of benzene rings is 1. The second-order valence-corrected chi connectivity index (χ2v) is 4.73. The summed E-state index contributed by atoms with van der Waals surface area (Å²) >= 11 is 0. The van der Waals surface area contributed by atoms with Crippen molar-refractivity contribution in [2.45, 2.75) is 32.2 Å². The van der Waals surface area contributed by atoms with E-state index < -0.39 is 6.03 Å². The number of carbonyl (C=O) groups is 1. The number of urea groups is 1. The summed E-state index contributed by atoms with van der Waals surface area (Å²) in [6.07, 6.45) is 3.80. The smallest absolute Gasteiger partial charge is 0.316 e. The number of amides is 2. The van der Waals surface area contributed by atoms with Crippen molar-refractivity contribution in [3.63, 3.8) is 0 Å². The van der Waals surface area contributed by atoms with Gasteiger partial charge in [0.2, 0.25) is 0 Å². The Kier molecular flexibility index (Phi) is 3.52. The maximum Gasteiger partial charge on any atom is 0.316 e. The van der Waals surface area contributed by atoms with E-state index in [1.165, 1.54) is 19.3 Å². The molecule has 2 atom stereocenters. The van der Waals surface area contributed by atoms with Gasteiger partial charge in [0.1, 0.15) is 0 Å². The van der Waals surface area contributed by atoms with Gasteiger partial charge in [0, 0.05) is 17.4 Å². The average molecular weight is 233 g/mol. The zero-order valence-corrected chi connectivity index (χ0v) is 10.1. The van der Waals surface area contributed by atoms with E-state index in [0.29, 0.717) is 12.0 Å². The van der Waals surface area contributed by atoms with Gasteiger partial charge in [0.25, 0.3) is 0 Å². The Morgan fingerprint density at radius 1 is 1.35 bits per heavy atom. The number of rotatable bonds is 3. The van der Waals surface area contributed by atoms with Gasteiger partial charge < -0.3 is 16.4 Å². The van der Waals surface area contributed by atoms with E-state index in [0.717, 1.165) is 11.4 Å². The van der Waals surface area contributed by atoms with Crippen molar-refractivity contribution in [3.8, 4) is 0 Å². The molecule has 4 nitrogen and oxygen atoms in total. The minimum Gasteiger partial charge on any atom is -0.382 e. The Morgan fingerprint density at radius 3 is 2.76 bits per heavy atom. The molecule has 4 heteroatoms. The normalized spacial score (nSPS) is 23.4. The summed E-state index contributed by atoms with van der Waals surface area (Å²) in [5, 5.41) is 6.09. The molecular formula is C13H19N3O. The van der Waals surface area contributed by atoms with Crippen LogP contribution in [0.5, 0.6) is 0 Å². The highest BCUT2D eigenvalue weighted by atomic mass is 16.2. The van der Waals surface area contributed by atoms with E-state index in [4.69, 9.17) is 5.73 Å². The van der Waals surface area contributed by atoms with E-state index in [2.05, 4.69) is 17.6 Å². The molecule has 0 aromatic heterocycles. The number of nitrogens with one attached hydrogen (secondary N) is 2. The molecule has 0 aliphatic heterocycles. The van der Waals surface area contributed by atoms with Crippen LogP contribution in [0, 0.1) is 5.92 Å². The summed E-state index contributed by atoms with van der Waals surface area (Å²) in [4.78, 5) is 10.8. The van der Waals surface area contributed by atoms with Crippen molar-refractivity contribution in [2.24, 2.45) is 11.7 Å². The van der Waals surface area contributed by atoms with Crippen LogP contribution in [0.2, 0.25) is 0 Å². The van der Waals surface area contributed by atoms with Crippen molar-refractivity contribution in [3.05, 3.63) is 24.3 Å². The first-order chi connectivity index (χ1) is 8.15. The molecule has 0 saturated heterocycles. The van der Waals surface area contributed by atoms with Gasteiger partial charge >= 0.3 is 6.03 Å². The van der Waals surface area contributed by atoms with Gasteiger partial charge in [-0.1, -0.05) is 19.4 Å².